The number of carbonyl (C=O) groups is 1. The zero-order chi connectivity index (χ0) is 22.3. The molecule has 0 aliphatic rings. The third-order valence-electron chi connectivity index (χ3n) is 4.69. The molecule has 1 amide bonds. The molecule has 0 spiro atoms. The van der Waals surface area contributed by atoms with E-state index >= 15 is 0 Å². The van der Waals surface area contributed by atoms with E-state index in [2.05, 4.69) is 15.2 Å². The van der Waals surface area contributed by atoms with E-state index in [1.807, 2.05) is 72.8 Å². The Morgan fingerprint density at radius 3 is 2.00 bits per heavy atom. The van der Waals surface area contributed by atoms with Gasteiger partial charge in [0.05, 0.1) is 20.0 Å². The number of benzene rings is 3. The van der Waals surface area contributed by atoms with Gasteiger partial charge in [0.15, 0.2) is 5.82 Å². The second kappa shape index (κ2) is 10.0. The second-order valence-corrected chi connectivity index (χ2v) is 7.70. The number of para-hydroxylation sites is 2. The molecule has 4 rings (SSSR count). The fourth-order valence-electron chi connectivity index (χ4n) is 3.17. The van der Waals surface area contributed by atoms with Gasteiger partial charge in [-0.15, -0.1) is 5.10 Å². The summed E-state index contributed by atoms with van der Waals surface area (Å²) in [6.07, 6.45) is 0. The predicted molar refractivity (Wildman–Crippen MR) is 126 cm³/mol. The van der Waals surface area contributed by atoms with Gasteiger partial charge in [0.1, 0.15) is 11.5 Å². The molecule has 0 aliphatic carbocycles. The van der Waals surface area contributed by atoms with E-state index in [1.165, 1.54) is 11.8 Å². The molecule has 0 atom stereocenters. The van der Waals surface area contributed by atoms with Crippen molar-refractivity contribution in [1.82, 2.24) is 15.2 Å². The van der Waals surface area contributed by atoms with Crippen LogP contribution in [-0.2, 0) is 4.79 Å². The summed E-state index contributed by atoms with van der Waals surface area (Å²) in [6, 6.07) is 24.6. The maximum absolute atomic E-state index is 13.2. The van der Waals surface area contributed by atoms with Crippen molar-refractivity contribution in [3.63, 3.8) is 0 Å². The Morgan fingerprint density at radius 2 is 1.47 bits per heavy atom. The number of nitrogens with one attached hydrogen (secondary N) is 1. The molecule has 0 aliphatic heterocycles. The molecule has 1 heterocycles. The number of nitrogens with zero attached hydrogens (tertiary/aromatic N) is 3. The van der Waals surface area contributed by atoms with Crippen molar-refractivity contribution in [3.05, 3.63) is 78.9 Å². The van der Waals surface area contributed by atoms with Crippen LogP contribution < -0.4 is 14.4 Å². The van der Waals surface area contributed by atoms with E-state index < -0.39 is 0 Å². The molecule has 162 valence electrons. The summed E-state index contributed by atoms with van der Waals surface area (Å²) in [7, 11) is 3.19. The summed E-state index contributed by atoms with van der Waals surface area (Å²) in [5.74, 6) is 1.99. The Balaban J connectivity index is 1.51. The third kappa shape index (κ3) is 4.92. The van der Waals surface area contributed by atoms with Crippen molar-refractivity contribution in [2.24, 2.45) is 0 Å². The Kier molecular flexibility index (Phi) is 6.72. The summed E-state index contributed by atoms with van der Waals surface area (Å²) < 4.78 is 10.6. The van der Waals surface area contributed by atoms with Gasteiger partial charge in [-0.25, -0.2) is 4.98 Å². The van der Waals surface area contributed by atoms with Crippen LogP contribution >= 0.6 is 11.8 Å². The minimum Gasteiger partial charge on any atom is -0.497 e. The van der Waals surface area contributed by atoms with Gasteiger partial charge in [0, 0.05) is 23.0 Å². The van der Waals surface area contributed by atoms with E-state index in [9.17, 15) is 4.79 Å². The van der Waals surface area contributed by atoms with E-state index in [0.717, 1.165) is 16.9 Å². The van der Waals surface area contributed by atoms with Gasteiger partial charge in [-0.1, -0.05) is 48.2 Å². The minimum atomic E-state index is -0.0678. The number of methoxy groups -OCH3 is 2. The van der Waals surface area contributed by atoms with Crippen LogP contribution in [0, 0.1) is 0 Å². The van der Waals surface area contributed by atoms with Gasteiger partial charge in [-0.2, -0.15) is 0 Å². The summed E-state index contributed by atoms with van der Waals surface area (Å²) >= 11 is 1.27. The normalized spacial score (nSPS) is 10.6. The fraction of sp³-hybridized carbons (Fsp3) is 0.125. The highest BCUT2D eigenvalue weighted by molar-refractivity contribution is 7.99. The predicted octanol–water partition coefficient (Wildman–Crippen LogP) is 4.95. The number of anilines is 2. The minimum absolute atomic E-state index is 0.0678. The highest BCUT2D eigenvalue weighted by Crippen LogP contribution is 2.30. The van der Waals surface area contributed by atoms with Crippen molar-refractivity contribution in [2.45, 2.75) is 5.16 Å². The van der Waals surface area contributed by atoms with Gasteiger partial charge < -0.3 is 9.47 Å². The highest BCUT2D eigenvalue weighted by Gasteiger charge is 2.19. The van der Waals surface area contributed by atoms with Gasteiger partial charge in [-0.3, -0.25) is 14.8 Å². The number of aromatic amines is 1. The van der Waals surface area contributed by atoms with Crippen molar-refractivity contribution in [1.29, 1.82) is 0 Å². The second-order valence-electron chi connectivity index (χ2n) is 6.76. The zero-order valence-corrected chi connectivity index (χ0v) is 18.5. The molecule has 1 aromatic heterocycles. The maximum atomic E-state index is 13.2. The van der Waals surface area contributed by atoms with Crippen LogP contribution in [-0.4, -0.2) is 41.1 Å². The Hall–Kier alpha value is -3.78. The topological polar surface area (TPSA) is 80.3 Å². The van der Waals surface area contributed by atoms with Crippen LogP contribution in [0.1, 0.15) is 0 Å². The average Bonchev–Trinajstić information content (AvgIpc) is 3.33. The van der Waals surface area contributed by atoms with Gasteiger partial charge in [0.25, 0.3) is 0 Å². The van der Waals surface area contributed by atoms with Crippen LogP contribution in [0.25, 0.3) is 11.4 Å². The van der Waals surface area contributed by atoms with Crippen LogP contribution in [0.2, 0.25) is 0 Å². The number of H-pyrrole nitrogens is 1. The number of thioether (sulfide) groups is 1. The molecule has 0 unspecified atom stereocenters. The van der Waals surface area contributed by atoms with Gasteiger partial charge in [0.2, 0.25) is 11.1 Å². The quantitative estimate of drug-likeness (QED) is 0.386. The standard InChI is InChI=1S/C24H22N4O3S/c1-30-20-13-17(14-21(15-20)31-2)23-25-24(27-26-23)32-16-22(29)28(18-9-5-3-6-10-18)19-11-7-4-8-12-19/h3-15H,16H2,1-2H3,(H,25,26,27). The number of hydrogen-bond donors (Lipinski definition) is 1. The van der Waals surface area contributed by atoms with Crippen molar-refractivity contribution < 1.29 is 14.3 Å². The van der Waals surface area contributed by atoms with Crippen LogP contribution in [0.5, 0.6) is 11.5 Å². The average molecular weight is 447 g/mol. The zero-order valence-electron chi connectivity index (χ0n) is 17.7. The smallest absolute Gasteiger partial charge is 0.242 e. The molecule has 0 bridgehead atoms. The van der Waals surface area contributed by atoms with E-state index in [-0.39, 0.29) is 11.7 Å². The lowest BCUT2D eigenvalue weighted by Gasteiger charge is -2.22. The number of ether oxygens (including phenoxy) is 2. The monoisotopic (exact) mass is 446 g/mol. The molecular weight excluding hydrogens is 424 g/mol. The largest absolute Gasteiger partial charge is 0.497 e. The van der Waals surface area contributed by atoms with Crippen LogP contribution in [0.15, 0.2) is 84.0 Å². The number of carbonyl (C=O) groups excluding carboxylic acids is 1. The molecule has 8 heteroatoms. The molecular formula is C24H22N4O3S. The number of amides is 1. The highest BCUT2D eigenvalue weighted by atomic mass is 32.2. The third-order valence-corrected chi connectivity index (χ3v) is 5.52. The fourth-order valence-corrected chi connectivity index (χ4v) is 3.81. The summed E-state index contributed by atoms with van der Waals surface area (Å²) in [6.45, 7) is 0. The Morgan fingerprint density at radius 1 is 0.906 bits per heavy atom. The molecule has 7 nitrogen and oxygen atoms in total. The number of rotatable bonds is 8. The van der Waals surface area contributed by atoms with Crippen molar-refractivity contribution in [3.8, 4) is 22.9 Å². The van der Waals surface area contributed by atoms with Gasteiger partial charge >= 0.3 is 0 Å². The molecule has 1 N–H and O–H groups in total. The van der Waals surface area contributed by atoms with E-state index in [1.54, 1.807) is 25.2 Å². The number of hydrogen-bond acceptors (Lipinski definition) is 6. The van der Waals surface area contributed by atoms with Crippen molar-refractivity contribution >= 4 is 29.0 Å². The van der Waals surface area contributed by atoms with Crippen LogP contribution in [0.3, 0.4) is 0 Å². The lowest BCUT2D eigenvalue weighted by Crippen LogP contribution is -2.27. The summed E-state index contributed by atoms with van der Waals surface area (Å²) in [5, 5.41) is 7.66. The Labute approximate surface area is 190 Å². The lowest BCUT2D eigenvalue weighted by molar-refractivity contribution is -0.115. The molecule has 0 saturated carbocycles. The first-order valence-corrected chi connectivity index (χ1v) is 10.9. The summed E-state index contributed by atoms with van der Waals surface area (Å²) in [4.78, 5) is 19.4. The molecule has 0 fully saturated rings. The van der Waals surface area contributed by atoms with E-state index in [4.69, 9.17) is 9.47 Å². The van der Waals surface area contributed by atoms with Gasteiger partial charge in [-0.05, 0) is 36.4 Å². The molecule has 0 radical (unpaired) electrons. The molecule has 32 heavy (non-hydrogen) atoms. The maximum Gasteiger partial charge on any atom is 0.242 e. The van der Waals surface area contributed by atoms with Crippen LogP contribution in [0.4, 0.5) is 11.4 Å². The lowest BCUT2D eigenvalue weighted by atomic mass is 10.2. The molecule has 3 aromatic carbocycles. The molecule has 0 saturated heterocycles. The molecule has 4 aromatic rings. The SMILES string of the molecule is COc1cc(OC)cc(-c2nc(SCC(=O)N(c3ccccc3)c3ccccc3)n[nH]2)c1. The van der Waals surface area contributed by atoms with Crippen molar-refractivity contribution in [2.75, 3.05) is 24.9 Å². The first-order chi connectivity index (χ1) is 15.7. The summed E-state index contributed by atoms with van der Waals surface area (Å²) in [5.41, 5.74) is 2.40. The first-order valence-electron chi connectivity index (χ1n) is 9.89. The van der Waals surface area contributed by atoms with E-state index in [0.29, 0.717) is 22.5 Å². The first kappa shape index (κ1) is 21.5. The Bertz CT molecular complexity index is 1120. The number of aromatic nitrogens is 3.